The zero-order valence-electron chi connectivity index (χ0n) is 21.7. The molecule has 2 saturated carbocycles. The molecule has 0 aliphatic heterocycles. The summed E-state index contributed by atoms with van der Waals surface area (Å²) < 4.78 is 0. The average Bonchev–Trinajstić information content (AvgIpc) is 2.77. The number of phenolic OH excluding ortho intramolecular Hbond substituents is 1. The van der Waals surface area contributed by atoms with Gasteiger partial charge in [-0.1, -0.05) is 32.6 Å². The van der Waals surface area contributed by atoms with Crippen LogP contribution in [0.1, 0.15) is 61.5 Å². The van der Waals surface area contributed by atoms with Crippen molar-refractivity contribution in [2.75, 3.05) is 14.1 Å². The van der Waals surface area contributed by atoms with Crippen LogP contribution in [0.2, 0.25) is 0 Å². The first-order chi connectivity index (χ1) is 17.2. The third-order valence-corrected chi connectivity index (χ3v) is 8.47. The number of nitrogens with two attached hydrogens (primary N) is 1. The highest BCUT2D eigenvalue weighted by Gasteiger charge is 2.76. The highest BCUT2D eigenvalue weighted by Crippen LogP contribution is 2.61. The molecule has 4 rings (SSSR count). The van der Waals surface area contributed by atoms with Crippen molar-refractivity contribution in [3.63, 3.8) is 0 Å². The number of benzene rings is 1. The molecule has 0 bridgehead atoms. The van der Waals surface area contributed by atoms with Gasteiger partial charge in [0, 0.05) is 17.4 Å². The van der Waals surface area contributed by atoms with E-state index in [2.05, 4.69) is 11.8 Å². The van der Waals surface area contributed by atoms with Crippen LogP contribution in [0.5, 0.6) is 5.75 Å². The molecule has 1 aromatic rings. The molecule has 3 aliphatic rings. The lowest BCUT2D eigenvalue weighted by molar-refractivity contribution is -0.203. The van der Waals surface area contributed by atoms with E-state index < -0.39 is 63.3 Å². The van der Waals surface area contributed by atoms with Crippen molar-refractivity contribution in [1.82, 2.24) is 4.90 Å². The fraction of sp³-hybridized carbons (Fsp3) is 0.536. The first kappa shape index (κ1) is 26.7. The average molecular weight is 509 g/mol. The molecule has 0 spiro atoms. The third kappa shape index (κ3) is 3.42. The normalized spacial score (nSPS) is 34.8. The number of unbranched alkanes of at least 4 members (excludes halogenated alkanes) is 1. The molecule has 0 heterocycles. The second-order valence-corrected chi connectivity index (χ2v) is 11.3. The summed E-state index contributed by atoms with van der Waals surface area (Å²) in [5.41, 5.74) is 0.820. The lowest BCUT2D eigenvalue weighted by Gasteiger charge is -2.61. The van der Waals surface area contributed by atoms with Crippen LogP contribution in [0.15, 0.2) is 12.1 Å². The molecule has 3 aliphatic carbocycles. The van der Waals surface area contributed by atoms with Crippen molar-refractivity contribution >= 4 is 29.0 Å². The van der Waals surface area contributed by atoms with Crippen LogP contribution < -0.4 is 5.73 Å². The van der Waals surface area contributed by atoms with Crippen LogP contribution >= 0.6 is 0 Å². The number of primary amides is 1. The van der Waals surface area contributed by atoms with Gasteiger partial charge in [0.15, 0.2) is 34.7 Å². The predicted octanol–water partition coefficient (Wildman–Crippen LogP) is 0.799. The minimum Gasteiger partial charge on any atom is -0.507 e. The number of hydrogen-bond donors (Lipinski definition) is 3. The van der Waals surface area contributed by atoms with Gasteiger partial charge in [-0.3, -0.25) is 28.9 Å². The maximum absolute atomic E-state index is 14.1. The van der Waals surface area contributed by atoms with E-state index in [1.54, 1.807) is 27.1 Å². The smallest absolute Gasteiger partial charge is 0.235 e. The Kier molecular flexibility index (Phi) is 6.21. The molecule has 0 radical (unpaired) electrons. The van der Waals surface area contributed by atoms with E-state index in [-0.39, 0.29) is 24.2 Å². The molecule has 4 N–H and O–H groups in total. The molecular weight excluding hydrogens is 476 g/mol. The van der Waals surface area contributed by atoms with Gasteiger partial charge in [0.2, 0.25) is 5.91 Å². The van der Waals surface area contributed by atoms with E-state index in [0.29, 0.717) is 17.5 Å². The summed E-state index contributed by atoms with van der Waals surface area (Å²) in [6.07, 6.45) is 1.59. The Hall–Kier alpha value is -3.35. The minimum atomic E-state index is -2.80. The number of rotatable bonds is 3. The topological polar surface area (TPSA) is 155 Å². The van der Waals surface area contributed by atoms with E-state index in [4.69, 9.17) is 5.73 Å². The summed E-state index contributed by atoms with van der Waals surface area (Å²) in [7, 11) is 3.11. The van der Waals surface area contributed by atoms with Gasteiger partial charge in [0.05, 0.1) is 17.5 Å². The van der Waals surface area contributed by atoms with Gasteiger partial charge in [-0.2, -0.15) is 0 Å². The molecule has 6 atom stereocenters. The van der Waals surface area contributed by atoms with Crippen molar-refractivity contribution in [2.45, 2.75) is 58.1 Å². The van der Waals surface area contributed by atoms with Crippen molar-refractivity contribution in [3.05, 3.63) is 28.8 Å². The Morgan fingerprint density at radius 2 is 1.81 bits per heavy atom. The van der Waals surface area contributed by atoms with Crippen LogP contribution in [0.25, 0.3) is 0 Å². The van der Waals surface area contributed by atoms with Gasteiger partial charge < -0.3 is 15.9 Å². The molecular formula is C28H32N2O7. The van der Waals surface area contributed by atoms with Crippen LogP contribution in [-0.2, 0) is 25.6 Å². The maximum Gasteiger partial charge on any atom is 0.235 e. The molecule has 1 aromatic carbocycles. The second kappa shape index (κ2) is 8.61. The van der Waals surface area contributed by atoms with Crippen LogP contribution in [0.3, 0.4) is 0 Å². The Bertz CT molecular complexity index is 1320. The number of fused-ring (bicyclic) bond motifs is 3. The maximum atomic E-state index is 14.1. The molecule has 1 amide bonds. The quantitative estimate of drug-likeness (QED) is 0.400. The number of carbonyl (C=O) groups excluding carboxylic acids is 5. The van der Waals surface area contributed by atoms with Gasteiger partial charge >= 0.3 is 0 Å². The standard InChI is InChI=1S/C28H32N2O7/c1-6-7-8-9-14-10-11-16(31)17-15(14)12-26(2)13-27(3)22(30(4)5)21(33)18(25(29)36)23(34)28(27,37)24(35)19(26)20(17)32/h10-11,18-19,22,31,37H,6-7,12-13H2,1-5H3,(H2,29,36)/t18?,19?,22-,26+,27+,28-/m1/s1. The number of amides is 1. The molecule has 2 unspecified atom stereocenters. The minimum absolute atomic E-state index is 0.0542. The van der Waals surface area contributed by atoms with E-state index in [1.807, 2.05) is 6.92 Å². The lowest BCUT2D eigenvalue weighted by Crippen LogP contribution is -2.79. The van der Waals surface area contributed by atoms with Gasteiger partial charge in [-0.25, -0.2) is 0 Å². The van der Waals surface area contributed by atoms with Crippen molar-refractivity contribution < 1.29 is 34.2 Å². The summed E-state index contributed by atoms with van der Waals surface area (Å²) in [4.78, 5) is 68.6. The zero-order chi connectivity index (χ0) is 27.7. The Morgan fingerprint density at radius 3 is 2.38 bits per heavy atom. The summed E-state index contributed by atoms with van der Waals surface area (Å²) in [5, 5.41) is 22.5. The highest BCUT2D eigenvalue weighted by atomic mass is 16.3. The number of aromatic hydroxyl groups is 1. The van der Waals surface area contributed by atoms with Gasteiger partial charge in [0.1, 0.15) is 5.75 Å². The number of aliphatic hydroxyl groups is 1. The van der Waals surface area contributed by atoms with Gasteiger partial charge in [-0.15, -0.1) is 0 Å². The second-order valence-electron chi connectivity index (χ2n) is 11.3. The lowest BCUT2D eigenvalue weighted by atomic mass is 9.42. The number of phenols is 1. The fourth-order valence-corrected chi connectivity index (χ4v) is 7.12. The Morgan fingerprint density at radius 1 is 1.16 bits per heavy atom. The number of Topliss-reactive ketones (excluding diaryl/α,β-unsaturated/α-hetero) is 4. The third-order valence-electron chi connectivity index (χ3n) is 8.47. The van der Waals surface area contributed by atoms with Crippen molar-refractivity contribution in [2.24, 2.45) is 28.4 Å². The molecule has 196 valence electrons. The van der Waals surface area contributed by atoms with Crippen LogP contribution in [0, 0.1) is 34.5 Å². The number of carbonyl (C=O) groups is 5. The van der Waals surface area contributed by atoms with E-state index in [0.717, 1.165) is 6.42 Å². The first-order valence-electron chi connectivity index (χ1n) is 12.4. The number of likely N-dealkylation sites (N-methyl/N-ethyl adjacent to an activating group) is 1. The summed E-state index contributed by atoms with van der Waals surface area (Å²) in [6.45, 7) is 5.19. The zero-order valence-corrected chi connectivity index (χ0v) is 21.7. The monoisotopic (exact) mass is 508 g/mol. The van der Waals surface area contributed by atoms with E-state index in [1.165, 1.54) is 17.9 Å². The van der Waals surface area contributed by atoms with E-state index >= 15 is 0 Å². The van der Waals surface area contributed by atoms with Crippen LogP contribution in [0.4, 0.5) is 0 Å². The van der Waals surface area contributed by atoms with Crippen molar-refractivity contribution in [1.29, 1.82) is 0 Å². The number of ketones is 4. The van der Waals surface area contributed by atoms with Crippen LogP contribution in [-0.4, -0.2) is 69.9 Å². The Balaban J connectivity index is 1.96. The summed E-state index contributed by atoms with van der Waals surface area (Å²) in [5.74, 6) is -2.82. The van der Waals surface area contributed by atoms with Gasteiger partial charge in [0.25, 0.3) is 0 Å². The number of hydrogen-bond acceptors (Lipinski definition) is 8. The first-order valence-corrected chi connectivity index (χ1v) is 12.4. The molecule has 37 heavy (non-hydrogen) atoms. The molecule has 0 saturated heterocycles. The number of nitrogens with zero attached hydrogens (tertiary/aromatic N) is 1. The highest BCUT2D eigenvalue weighted by molar-refractivity contribution is 6.33. The van der Waals surface area contributed by atoms with Gasteiger partial charge in [-0.05, 0) is 56.5 Å². The fourth-order valence-electron chi connectivity index (χ4n) is 7.12. The van der Waals surface area contributed by atoms with E-state index in [9.17, 15) is 34.2 Å². The molecule has 9 nitrogen and oxygen atoms in total. The van der Waals surface area contributed by atoms with Crippen molar-refractivity contribution in [3.8, 4) is 17.6 Å². The largest absolute Gasteiger partial charge is 0.507 e. The molecule has 0 aromatic heterocycles. The summed E-state index contributed by atoms with van der Waals surface area (Å²) in [6, 6.07) is 1.78. The SMILES string of the molecule is CCCC#Cc1ccc(O)c2c1C[C@@]1(C)C[C@@]3(C)[C@H](N(C)C)C(=O)C(C(N)=O)C(=O)[C@@]3(O)C(=O)C1C2=O. The summed E-state index contributed by atoms with van der Waals surface area (Å²) >= 11 is 0. The Labute approximate surface area is 215 Å². The molecule has 2 fully saturated rings. The predicted molar refractivity (Wildman–Crippen MR) is 132 cm³/mol. The molecule has 9 heteroatoms.